The van der Waals surface area contributed by atoms with E-state index in [9.17, 15) is 9.59 Å². The van der Waals surface area contributed by atoms with Gasteiger partial charge in [-0.2, -0.15) is 0 Å². The average molecular weight is 294 g/mol. The summed E-state index contributed by atoms with van der Waals surface area (Å²) in [4.78, 5) is 25.8. The standard InChI is InChI=1S/C19H18O3/c1-4-11-7-9(2)14(10(3)8-11)17-18(20)15-12-5-6-13(22-12)16(15)19(17)21/h1,7-8,12-13,15-17H,5-6H2,2-3H3/t12?,13?,15-,16+,17?. The first-order valence-corrected chi connectivity index (χ1v) is 7.83. The summed E-state index contributed by atoms with van der Waals surface area (Å²) in [6.45, 7) is 3.87. The van der Waals surface area contributed by atoms with Crippen LogP contribution in [0.4, 0.5) is 0 Å². The molecule has 0 radical (unpaired) electrons. The first-order chi connectivity index (χ1) is 10.5. The Labute approximate surface area is 130 Å². The monoisotopic (exact) mass is 294 g/mol. The van der Waals surface area contributed by atoms with Crippen LogP contribution in [0.15, 0.2) is 12.1 Å². The minimum absolute atomic E-state index is 0.0398. The normalized spacial score (nSPS) is 35.8. The van der Waals surface area contributed by atoms with Crippen LogP contribution in [0.5, 0.6) is 0 Å². The molecule has 22 heavy (non-hydrogen) atoms. The summed E-state index contributed by atoms with van der Waals surface area (Å²) in [5.74, 6) is 1.68. The van der Waals surface area contributed by atoms with Crippen molar-refractivity contribution in [3.8, 4) is 12.3 Å². The van der Waals surface area contributed by atoms with Crippen LogP contribution in [-0.2, 0) is 14.3 Å². The second-order valence-electron chi connectivity index (χ2n) is 6.75. The summed E-state index contributed by atoms with van der Waals surface area (Å²) < 4.78 is 5.79. The van der Waals surface area contributed by atoms with Crippen LogP contribution in [0, 0.1) is 38.0 Å². The highest BCUT2D eigenvalue weighted by Crippen LogP contribution is 2.52. The summed E-state index contributed by atoms with van der Waals surface area (Å²) in [5, 5.41) is 0. The second-order valence-corrected chi connectivity index (χ2v) is 6.75. The molecule has 3 fully saturated rings. The summed E-state index contributed by atoms with van der Waals surface area (Å²) >= 11 is 0. The minimum atomic E-state index is -0.617. The number of benzene rings is 1. The minimum Gasteiger partial charge on any atom is -0.373 e. The van der Waals surface area contributed by atoms with E-state index < -0.39 is 5.92 Å². The van der Waals surface area contributed by atoms with E-state index >= 15 is 0 Å². The Morgan fingerprint density at radius 2 is 1.55 bits per heavy atom. The summed E-state index contributed by atoms with van der Waals surface area (Å²) in [6, 6.07) is 3.78. The second kappa shape index (κ2) is 4.54. The van der Waals surface area contributed by atoms with Crippen molar-refractivity contribution < 1.29 is 14.3 Å². The first-order valence-electron chi connectivity index (χ1n) is 7.83. The summed E-state index contributed by atoms with van der Waals surface area (Å²) in [5.41, 5.74) is 3.53. The number of rotatable bonds is 1. The Hall–Kier alpha value is -1.92. The number of ether oxygens (including phenoxy) is 1. The summed E-state index contributed by atoms with van der Waals surface area (Å²) in [7, 11) is 0. The van der Waals surface area contributed by atoms with E-state index in [0.717, 1.165) is 35.1 Å². The van der Waals surface area contributed by atoms with Gasteiger partial charge >= 0.3 is 0 Å². The van der Waals surface area contributed by atoms with Crippen molar-refractivity contribution >= 4 is 11.6 Å². The molecule has 4 rings (SSSR count). The highest BCUT2D eigenvalue weighted by Gasteiger charge is 2.63. The lowest BCUT2D eigenvalue weighted by Crippen LogP contribution is -2.29. The van der Waals surface area contributed by atoms with Gasteiger partial charge in [-0.3, -0.25) is 9.59 Å². The third-order valence-corrected chi connectivity index (χ3v) is 5.55. The number of carbonyl (C=O) groups is 2. The van der Waals surface area contributed by atoms with Gasteiger partial charge in [0.25, 0.3) is 0 Å². The average Bonchev–Trinajstić information content (AvgIpc) is 3.15. The number of hydrogen-bond donors (Lipinski definition) is 0. The fourth-order valence-electron chi connectivity index (χ4n) is 4.72. The molecule has 2 heterocycles. The topological polar surface area (TPSA) is 43.4 Å². The molecule has 2 aliphatic heterocycles. The molecule has 5 atom stereocenters. The van der Waals surface area contributed by atoms with E-state index in [0.29, 0.717) is 0 Å². The molecule has 0 aromatic heterocycles. The highest BCUT2D eigenvalue weighted by molar-refractivity contribution is 6.17. The van der Waals surface area contributed by atoms with Gasteiger partial charge in [-0.05, 0) is 55.5 Å². The predicted octanol–water partition coefficient (Wildman–Crippen LogP) is 2.31. The van der Waals surface area contributed by atoms with Crippen molar-refractivity contribution in [3.63, 3.8) is 0 Å². The van der Waals surface area contributed by atoms with Crippen molar-refractivity contribution in [1.82, 2.24) is 0 Å². The third kappa shape index (κ3) is 1.62. The van der Waals surface area contributed by atoms with Crippen molar-refractivity contribution in [2.24, 2.45) is 11.8 Å². The number of aryl methyl sites for hydroxylation is 2. The number of terminal acetylenes is 1. The quantitative estimate of drug-likeness (QED) is 0.590. The number of carbonyl (C=O) groups excluding carboxylic acids is 2. The highest BCUT2D eigenvalue weighted by atomic mass is 16.5. The molecule has 1 aromatic rings. The molecule has 0 N–H and O–H groups in total. The molecule has 3 heteroatoms. The molecule has 0 amide bonds. The van der Waals surface area contributed by atoms with Gasteiger partial charge in [0.1, 0.15) is 5.92 Å². The lowest BCUT2D eigenvalue weighted by atomic mass is 9.81. The van der Waals surface area contributed by atoms with Crippen LogP contribution >= 0.6 is 0 Å². The molecule has 1 aromatic carbocycles. The Bertz CT molecular complexity index is 689. The molecule has 0 spiro atoms. The Morgan fingerprint density at radius 1 is 1.05 bits per heavy atom. The van der Waals surface area contributed by atoms with Gasteiger partial charge in [-0.1, -0.05) is 5.92 Å². The summed E-state index contributed by atoms with van der Waals surface area (Å²) in [6.07, 6.45) is 7.20. The van der Waals surface area contributed by atoms with E-state index in [4.69, 9.17) is 11.2 Å². The maximum atomic E-state index is 12.9. The zero-order chi connectivity index (χ0) is 15.6. The van der Waals surface area contributed by atoms with Crippen LogP contribution in [0.2, 0.25) is 0 Å². The Morgan fingerprint density at radius 3 is 2.00 bits per heavy atom. The van der Waals surface area contributed by atoms with E-state index in [1.54, 1.807) is 0 Å². The van der Waals surface area contributed by atoms with Gasteiger partial charge in [-0.25, -0.2) is 0 Å². The van der Waals surface area contributed by atoms with E-state index in [1.807, 2.05) is 26.0 Å². The van der Waals surface area contributed by atoms with Gasteiger partial charge in [-0.15, -0.1) is 6.42 Å². The number of fused-ring (bicyclic) bond motifs is 5. The van der Waals surface area contributed by atoms with E-state index in [-0.39, 0.29) is 35.6 Å². The van der Waals surface area contributed by atoms with Crippen LogP contribution in [0.1, 0.15) is 41.0 Å². The molecular weight excluding hydrogens is 276 g/mol. The maximum absolute atomic E-state index is 12.9. The smallest absolute Gasteiger partial charge is 0.154 e. The number of hydrogen-bond acceptors (Lipinski definition) is 3. The van der Waals surface area contributed by atoms with E-state index in [2.05, 4.69) is 5.92 Å². The molecule has 1 aliphatic carbocycles. The first kappa shape index (κ1) is 13.7. The fraction of sp³-hybridized carbons (Fsp3) is 0.474. The number of ketones is 2. The zero-order valence-corrected chi connectivity index (χ0v) is 12.8. The molecular formula is C19H18O3. The van der Waals surface area contributed by atoms with Crippen LogP contribution < -0.4 is 0 Å². The van der Waals surface area contributed by atoms with Gasteiger partial charge in [0, 0.05) is 5.56 Å². The molecule has 3 aliphatic rings. The lowest BCUT2D eigenvalue weighted by molar-refractivity contribution is -0.127. The molecule has 3 nitrogen and oxygen atoms in total. The van der Waals surface area contributed by atoms with Gasteiger partial charge in [0.05, 0.1) is 24.0 Å². The van der Waals surface area contributed by atoms with Crippen LogP contribution in [-0.4, -0.2) is 23.8 Å². The molecule has 2 bridgehead atoms. The van der Waals surface area contributed by atoms with Crippen LogP contribution in [0.3, 0.4) is 0 Å². The van der Waals surface area contributed by atoms with Gasteiger partial charge < -0.3 is 4.74 Å². The Kier molecular flexibility index (Phi) is 2.83. The molecule has 112 valence electrons. The van der Waals surface area contributed by atoms with Crippen molar-refractivity contribution in [2.45, 2.75) is 44.8 Å². The third-order valence-electron chi connectivity index (χ3n) is 5.55. The van der Waals surface area contributed by atoms with Gasteiger partial charge in [0.15, 0.2) is 11.6 Å². The lowest BCUT2D eigenvalue weighted by Gasteiger charge is -2.17. The predicted molar refractivity (Wildman–Crippen MR) is 81.5 cm³/mol. The van der Waals surface area contributed by atoms with Crippen molar-refractivity contribution in [3.05, 3.63) is 34.4 Å². The number of Topliss-reactive ketones (excluding diaryl/α,β-unsaturated/α-hetero) is 2. The fourth-order valence-corrected chi connectivity index (χ4v) is 4.72. The van der Waals surface area contributed by atoms with E-state index in [1.165, 1.54) is 0 Å². The van der Waals surface area contributed by atoms with Crippen LogP contribution in [0.25, 0.3) is 0 Å². The molecule has 3 unspecified atom stereocenters. The Balaban J connectivity index is 1.80. The zero-order valence-electron chi connectivity index (χ0n) is 12.8. The SMILES string of the molecule is C#Cc1cc(C)c(C2C(=O)[C@@H]3C4CCC(O4)[C@@H]3C2=O)c(C)c1. The van der Waals surface area contributed by atoms with Gasteiger partial charge in [0.2, 0.25) is 0 Å². The maximum Gasteiger partial charge on any atom is 0.154 e. The molecule has 1 saturated carbocycles. The largest absolute Gasteiger partial charge is 0.373 e. The van der Waals surface area contributed by atoms with Crippen molar-refractivity contribution in [2.75, 3.05) is 0 Å². The van der Waals surface area contributed by atoms with Crippen molar-refractivity contribution in [1.29, 1.82) is 0 Å². The molecule has 2 saturated heterocycles.